The van der Waals surface area contributed by atoms with Crippen LogP contribution in [0, 0.1) is 28.8 Å². The maximum absolute atomic E-state index is 13.5. The van der Waals surface area contributed by atoms with Gasteiger partial charge in [-0.1, -0.05) is 12.8 Å². The van der Waals surface area contributed by atoms with Crippen molar-refractivity contribution >= 4 is 11.4 Å². The summed E-state index contributed by atoms with van der Waals surface area (Å²) in [4.78, 5) is 10.5. The van der Waals surface area contributed by atoms with E-state index in [0.717, 1.165) is 31.7 Å². The highest BCUT2D eigenvalue weighted by Crippen LogP contribution is 2.32. The lowest BCUT2D eigenvalue weighted by Crippen LogP contribution is -2.36. The number of hydrogen-bond donors (Lipinski definition) is 2. The Morgan fingerprint density at radius 3 is 2.80 bits per heavy atom. The Morgan fingerprint density at radius 2 is 2.15 bits per heavy atom. The van der Waals surface area contributed by atoms with Crippen LogP contribution in [0.1, 0.15) is 31.2 Å². The van der Waals surface area contributed by atoms with Crippen molar-refractivity contribution < 1.29 is 9.31 Å². The van der Waals surface area contributed by atoms with Crippen molar-refractivity contribution in [1.29, 1.82) is 0 Å². The molecular formula is C14H20FN3O2. The van der Waals surface area contributed by atoms with Crippen molar-refractivity contribution in [3.05, 3.63) is 33.6 Å². The molecule has 5 nitrogen and oxygen atoms in total. The summed E-state index contributed by atoms with van der Waals surface area (Å²) in [5.41, 5.74) is 6.34. The number of aryl methyl sites for hydroxylation is 1. The smallest absolute Gasteiger partial charge is 0.295 e. The van der Waals surface area contributed by atoms with E-state index >= 15 is 0 Å². The zero-order valence-corrected chi connectivity index (χ0v) is 11.6. The molecule has 6 heteroatoms. The number of benzene rings is 1. The van der Waals surface area contributed by atoms with E-state index in [2.05, 4.69) is 5.32 Å². The van der Waals surface area contributed by atoms with Crippen molar-refractivity contribution in [2.75, 3.05) is 11.9 Å². The zero-order valence-electron chi connectivity index (χ0n) is 11.6. The fourth-order valence-corrected chi connectivity index (χ4v) is 2.82. The first-order chi connectivity index (χ1) is 9.52. The summed E-state index contributed by atoms with van der Waals surface area (Å²) >= 11 is 0. The minimum Gasteiger partial charge on any atom is -0.376 e. The largest absolute Gasteiger partial charge is 0.376 e. The van der Waals surface area contributed by atoms with E-state index in [1.165, 1.54) is 6.07 Å². The summed E-state index contributed by atoms with van der Waals surface area (Å²) in [6.07, 6.45) is 4.20. The van der Waals surface area contributed by atoms with Crippen LogP contribution in [0.25, 0.3) is 0 Å². The van der Waals surface area contributed by atoms with Gasteiger partial charge < -0.3 is 11.1 Å². The van der Waals surface area contributed by atoms with Gasteiger partial charge in [0.1, 0.15) is 11.5 Å². The van der Waals surface area contributed by atoms with Crippen LogP contribution in [0.15, 0.2) is 12.1 Å². The molecule has 2 rings (SSSR count). The number of nitrogens with zero attached hydrogens (tertiary/aromatic N) is 1. The number of nitrogens with two attached hydrogens (primary N) is 1. The Balaban J connectivity index is 2.27. The van der Waals surface area contributed by atoms with Gasteiger partial charge in [-0.2, -0.15) is 0 Å². The molecule has 0 saturated heterocycles. The number of nitro groups is 1. The maximum Gasteiger partial charge on any atom is 0.295 e. The number of halogens is 1. The van der Waals surface area contributed by atoms with Crippen LogP contribution in [0.2, 0.25) is 0 Å². The highest BCUT2D eigenvalue weighted by Gasteiger charge is 2.26. The maximum atomic E-state index is 13.5. The summed E-state index contributed by atoms with van der Waals surface area (Å²) < 4.78 is 13.5. The third-order valence-electron chi connectivity index (χ3n) is 4.03. The fourth-order valence-electron chi connectivity index (χ4n) is 2.82. The molecule has 2 atom stereocenters. The molecule has 0 aliphatic heterocycles. The van der Waals surface area contributed by atoms with Crippen LogP contribution >= 0.6 is 0 Å². The topological polar surface area (TPSA) is 81.2 Å². The Labute approximate surface area is 117 Å². The summed E-state index contributed by atoms with van der Waals surface area (Å²) in [6, 6.07) is 2.62. The monoisotopic (exact) mass is 281 g/mol. The average molecular weight is 281 g/mol. The second-order valence-corrected chi connectivity index (χ2v) is 5.41. The van der Waals surface area contributed by atoms with Crippen LogP contribution in [0.4, 0.5) is 15.8 Å². The predicted octanol–water partition coefficient (Wildman–Crippen LogP) is 2.97. The second-order valence-electron chi connectivity index (χ2n) is 5.41. The third kappa shape index (κ3) is 3.07. The normalized spacial score (nSPS) is 22.6. The van der Waals surface area contributed by atoms with Crippen molar-refractivity contribution in [2.45, 2.75) is 38.6 Å². The van der Waals surface area contributed by atoms with Crippen molar-refractivity contribution in [3.63, 3.8) is 0 Å². The van der Waals surface area contributed by atoms with Crippen molar-refractivity contribution in [3.8, 4) is 0 Å². The Bertz CT molecular complexity index is 507. The number of rotatable bonds is 4. The van der Waals surface area contributed by atoms with E-state index in [1.807, 2.05) is 0 Å². The molecule has 1 aromatic carbocycles. The lowest BCUT2D eigenvalue weighted by Gasteiger charge is -2.32. The number of nitrogens with one attached hydrogen (secondary N) is 1. The van der Waals surface area contributed by atoms with E-state index in [9.17, 15) is 14.5 Å². The molecular weight excluding hydrogens is 261 g/mol. The Kier molecular flexibility index (Phi) is 4.54. The third-order valence-corrected chi connectivity index (χ3v) is 4.03. The molecule has 0 heterocycles. The van der Waals surface area contributed by atoms with E-state index in [0.29, 0.717) is 23.7 Å². The van der Waals surface area contributed by atoms with Gasteiger partial charge in [-0.05, 0) is 43.9 Å². The van der Waals surface area contributed by atoms with E-state index < -0.39 is 10.7 Å². The molecule has 1 aromatic rings. The van der Waals surface area contributed by atoms with Crippen LogP contribution in [0.5, 0.6) is 0 Å². The van der Waals surface area contributed by atoms with Gasteiger partial charge in [-0.3, -0.25) is 10.1 Å². The first kappa shape index (κ1) is 14.7. The minimum absolute atomic E-state index is 0.123. The highest BCUT2D eigenvalue weighted by molar-refractivity contribution is 5.63. The van der Waals surface area contributed by atoms with Gasteiger partial charge in [-0.25, -0.2) is 4.39 Å². The predicted molar refractivity (Wildman–Crippen MR) is 76.2 cm³/mol. The van der Waals surface area contributed by atoms with Gasteiger partial charge in [-0.15, -0.1) is 0 Å². The Morgan fingerprint density at radius 1 is 1.45 bits per heavy atom. The quantitative estimate of drug-likeness (QED) is 0.656. The van der Waals surface area contributed by atoms with Crippen molar-refractivity contribution in [1.82, 2.24) is 0 Å². The van der Waals surface area contributed by atoms with E-state index in [1.54, 1.807) is 6.92 Å². The summed E-state index contributed by atoms with van der Waals surface area (Å²) in [5.74, 6) is -0.241. The summed E-state index contributed by atoms with van der Waals surface area (Å²) in [6.45, 7) is 2.16. The standard InChI is InChI=1S/C14H20FN3O2/c1-9-6-13(14(18(19)20)7-11(9)15)17-12-5-3-2-4-10(12)8-16/h6-7,10,12,17H,2-5,8,16H2,1H3. The lowest BCUT2D eigenvalue weighted by atomic mass is 9.84. The van der Waals surface area contributed by atoms with Crippen LogP contribution in [0.3, 0.4) is 0 Å². The molecule has 0 spiro atoms. The number of anilines is 1. The molecule has 110 valence electrons. The molecule has 0 radical (unpaired) electrons. The van der Waals surface area contributed by atoms with Gasteiger partial charge >= 0.3 is 0 Å². The highest BCUT2D eigenvalue weighted by atomic mass is 19.1. The SMILES string of the molecule is Cc1cc(NC2CCCCC2CN)c([N+](=O)[O-])cc1F. The molecule has 0 bridgehead atoms. The Hall–Kier alpha value is -1.69. The molecule has 1 saturated carbocycles. The fraction of sp³-hybridized carbons (Fsp3) is 0.571. The van der Waals surface area contributed by atoms with E-state index in [-0.39, 0.29) is 11.7 Å². The molecule has 3 N–H and O–H groups in total. The summed E-state index contributed by atoms with van der Waals surface area (Å²) in [5, 5.41) is 14.3. The van der Waals surface area contributed by atoms with E-state index in [4.69, 9.17) is 5.73 Å². The molecule has 1 aliphatic rings. The first-order valence-corrected chi connectivity index (χ1v) is 6.94. The first-order valence-electron chi connectivity index (χ1n) is 6.94. The zero-order chi connectivity index (χ0) is 14.7. The summed E-state index contributed by atoms with van der Waals surface area (Å²) in [7, 11) is 0. The lowest BCUT2D eigenvalue weighted by molar-refractivity contribution is -0.384. The van der Waals surface area contributed by atoms with Gasteiger partial charge in [0.15, 0.2) is 0 Å². The molecule has 1 fully saturated rings. The molecule has 2 unspecified atom stereocenters. The minimum atomic E-state index is -0.554. The van der Waals surface area contributed by atoms with Crippen LogP contribution < -0.4 is 11.1 Å². The molecule has 0 aromatic heterocycles. The van der Waals surface area contributed by atoms with Crippen LogP contribution in [-0.4, -0.2) is 17.5 Å². The molecule has 1 aliphatic carbocycles. The molecule has 0 amide bonds. The van der Waals surface area contributed by atoms with Gasteiger partial charge in [0.25, 0.3) is 5.69 Å². The van der Waals surface area contributed by atoms with Gasteiger partial charge in [0.2, 0.25) is 0 Å². The van der Waals surface area contributed by atoms with Gasteiger partial charge in [0, 0.05) is 6.04 Å². The van der Waals surface area contributed by atoms with Crippen LogP contribution in [-0.2, 0) is 0 Å². The van der Waals surface area contributed by atoms with Crippen molar-refractivity contribution in [2.24, 2.45) is 11.7 Å². The molecule has 20 heavy (non-hydrogen) atoms. The number of nitro benzene ring substituents is 1. The van der Waals surface area contributed by atoms with Gasteiger partial charge in [0.05, 0.1) is 11.0 Å². The number of hydrogen-bond acceptors (Lipinski definition) is 4. The second kappa shape index (κ2) is 6.17. The average Bonchev–Trinajstić information content (AvgIpc) is 2.43.